The molecule has 2 N–H and O–H groups in total. The highest BCUT2D eigenvalue weighted by Crippen LogP contribution is 2.35. The molecule has 1 saturated carbocycles. The van der Waals surface area contributed by atoms with Crippen molar-refractivity contribution in [2.24, 2.45) is 0 Å². The molecule has 1 aromatic rings. The largest absolute Gasteiger partial charge is 0.325 e. The van der Waals surface area contributed by atoms with Gasteiger partial charge in [-0.15, -0.1) is 0 Å². The maximum atomic E-state index is 13.1. The van der Waals surface area contributed by atoms with Gasteiger partial charge >= 0.3 is 6.03 Å². The van der Waals surface area contributed by atoms with E-state index in [0.717, 1.165) is 37.0 Å². The number of hydrogen-bond donors (Lipinski definition) is 2. The summed E-state index contributed by atoms with van der Waals surface area (Å²) in [6.45, 7) is 2.30. The minimum absolute atomic E-state index is 0.159. The van der Waals surface area contributed by atoms with Crippen molar-refractivity contribution >= 4 is 33.6 Å². The number of nitrogens with zero attached hydrogens (tertiary/aromatic N) is 2. The molecule has 9 nitrogen and oxygen atoms in total. The number of imide groups is 1. The van der Waals surface area contributed by atoms with E-state index in [2.05, 4.69) is 10.6 Å². The molecule has 3 fully saturated rings. The van der Waals surface area contributed by atoms with Crippen molar-refractivity contribution in [2.45, 2.75) is 62.3 Å². The Balaban J connectivity index is 1.47. The number of anilines is 1. The lowest BCUT2D eigenvalue weighted by atomic mass is 9.98. The minimum Gasteiger partial charge on any atom is -0.324 e. The number of amides is 4. The summed E-state index contributed by atoms with van der Waals surface area (Å²) in [5.41, 5.74) is 0.0476. The summed E-state index contributed by atoms with van der Waals surface area (Å²) in [5, 5.41) is 5.38. The lowest BCUT2D eigenvalue weighted by Crippen LogP contribution is -2.44. The molecule has 2 aliphatic heterocycles. The van der Waals surface area contributed by atoms with Gasteiger partial charge < -0.3 is 10.6 Å². The van der Waals surface area contributed by atoms with E-state index in [9.17, 15) is 22.8 Å². The van der Waals surface area contributed by atoms with Crippen molar-refractivity contribution in [3.05, 3.63) is 23.8 Å². The molecule has 1 aliphatic carbocycles. The summed E-state index contributed by atoms with van der Waals surface area (Å²) in [5.74, 6) is -0.911. The van der Waals surface area contributed by atoms with Crippen LogP contribution in [0.5, 0.6) is 0 Å². The van der Waals surface area contributed by atoms with Crippen LogP contribution in [0.15, 0.2) is 23.1 Å². The molecule has 0 aromatic heterocycles. The number of aryl methyl sites for hydroxylation is 1. The Kier molecular flexibility index (Phi) is 5.78. The Bertz CT molecular complexity index is 1010. The van der Waals surface area contributed by atoms with Crippen LogP contribution in [0, 0.1) is 6.92 Å². The van der Waals surface area contributed by atoms with E-state index in [1.807, 2.05) is 0 Å². The summed E-state index contributed by atoms with van der Waals surface area (Å²) in [4.78, 5) is 38.6. The Morgan fingerprint density at radius 1 is 1.10 bits per heavy atom. The molecule has 2 saturated heterocycles. The highest BCUT2D eigenvalue weighted by Gasteiger charge is 2.52. The van der Waals surface area contributed by atoms with Crippen LogP contribution in [0.2, 0.25) is 0 Å². The van der Waals surface area contributed by atoms with Gasteiger partial charge in [0, 0.05) is 18.8 Å². The first-order valence-electron chi connectivity index (χ1n) is 10.8. The van der Waals surface area contributed by atoms with Crippen LogP contribution in [0.4, 0.5) is 10.5 Å². The van der Waals surface area contributed by atoms with Crippen LogP contribution in [0.1, 0.15) is 50.5 Å². The summed E-state index contributed by atoms with van der Waals surface area (Å²) < 4.78 is 27.6. The van der Waals surface area contributed by atoms with E-state index >= 15 is 0 Å². The number of carbonyl (C=O) groups is 3. The lowest BCUT2D eigenvalue weighted by Gasteiger charge is -2.26. The van der Waals surface area contributed by atoms with Gasteiger partial charge in [0.2, 0.25) is 15.9 Å². The molecular formula is C21H28N4O5S. The Morgan fingerprint density at radius 3 is 2.45 bits per heavy atom. The van der Waals surface area contributed by atoms with Crippen molar-refractivity contribution in [1.29, 1.82) is 0 Å². The number of rotatable bonds is 5. The fourth-order valence-electron chi connectivity index (χ4n) is 4.68. The van der Waals surface area contributed by atoms with Crippen molar-refractivity contribution in [1.82, 2.24) is 14.5 Å². The van der Waals surface area contributed by atoms with Gasteiger partial charge in [0.15, 0.2) is 0 Å². The standard InChI is InChI=1S/C21H28N4O5S/c1-15-7-8-16(13-17(15)31(29,30)24-11-5-2-6-12-24)22-18(26)14-25-19(27)21(23-20(25)28)9-3-4-10-21/h7-8,13H,2-6,9-12,14H2,1H3,(H,22,26)(H,23,28). The highest BCUT2D eigenvalue weighted by molar-refractivity contribution is 7.89. The smallest absolute Gasteiger partial charge is 0.324 e. The minimum atomic E-state index is -3.65. The van der Waals surface area contributed by atoms with Gasteiger partial charge in [0.05, 0.1) is 4.90 Å². The first-order valence-corrected chi connectivity index (χ1v) is 12.2. The molecule has 0 unspecified atom stereocenters. The average molecular weight is 449 g/mol. The summed E-state index contributed by atoms with van der Waals surface area (Å²) in [6, 6.07) is 4.15. The van der Waals surface area contributed by atoms with Crippen molar-refractivity contribution in [2.75, 3.05) is 25.0 Å². The zero-order valence-electron chi connectivity index (χ0n) is 17.6. The quantitative estimate of drug-likeness (QED) is 0.668. The molecule has 3 aliphatic rings. The number of nitrogens with one attached hydrogen (secondary N) is 2. The van der Waals surface area contributed by atoms with Crippen molar-refractivity contribution in [3.63, 3.8) is 0 Å². The third kappa shape index (κ3) is 4.06. The molecule has 0 bridgehead atoms. The van der Waals surface area contributed by atoms with E-state index < -0.39 is 34.0 Å². The second kappa shape index (κ2) is 8.23. The Labute approximate surface area is 182 Å². The fourth-order valence-corrected chi connectivity index (χ4v) is 6.45. The van der Waals surface area contributed by atoms with Gasteiger partial charge in [-0.3, -0.25) is 14.5 Å². The number of piperidine rings is 1. The third-order valence-electron chi connectivity index (χ3n) is 6.41. The molecular weight excluding hydrogens is 420 g/mol. The highest BCUT2D eigenvalue weighted by atomic mass is 32.2. The van der Waals surface area contributed by atoms with E-state index in [1.165, 1.54) is 10.4 Å². The number of benzene rings is 1. The molecule has 10 heteroatoms. The number of carbonyl (C=O) groups excluding carboxylic acids is 3. The first kappa shape index (κ1) is 21.8. The van der Waals surface area contributed by atoms with Crippen LogP contribution in [0.3, 0.4) is 0 Å². The summed E-state index contributed by atoms with van der Waals surface area (Å²) in [7, 11) is -3.65. The molecule has 2 heterocycles. The average Bonchev–Trinajstić information content (AvgIpc) is 3.30. The van der Waals surface area contributed by atoms with E-state index in [0.29, 0.717) is 37.2 Å². The SMILES string of the molecule is Cc1ccc(NC(=O)CN2C(=O)NC3(CCCC3)C2=O)cc1S(=O)(=O)N1CCCCC1. The first-order chi connectivity index (χ1) is 14.7. The molecule has 4 amide bonds. The topological polar surface area (TPSA) is 116 Å². The molecule has 31 heavy (non-hydrogen) atoms. The van der Waals surface area contributed by atoms with Crippen molar-refractivity contribution < 1.29 is 22.8 Å². The zero-order chi connectivity index (χ0) is 22.2. The van der Waals surface area contributed by atoms with Gasteiger partial charge in [-0.1, -0.05) is 25.3 Å². The van der Waals surface area contributed by atoms with Gasteiger partial charge in [0.1, 0.15) is 12.1 Å². The number of urea groups is 1. The maximum Gasteiger partial charge on any atom is 0.325 e. The second-order valence-corrected chi connectivity index (χ2v) is 10.5. The van der Waals surface area contributed by atoms with Crippen LogP contribution in [-0.4, -0.2) is 60.6 Å². The Hall–Kier alpha value is -2.46. The molecule has 1 spiro atoms. The lowest BCUT2D eigenvalue weighted by molar-refractivity contribution is -0.133. The van der Waals surface area contributed by atoms with Crippen LogP contribution >= 0.6 is 0 Å². The summed E-state index contributed by atoms with van der Waals surface area (Å²) >= 11 is 0. The van der Waals surface area contributed by atoms with E-state index in [4.69, 9.17) is 0 Å². The van der Waals surface area contributed by atoms with Crippen molar-refractivity contribution in [3.8, 4) is 0 Å². The van der Waals surface area contributed by atoms with Gasteiger partial charge in [-0.2, -0.15) is 4.31 Å². The monoisotopic (exact) mass is 448 g/mol. The zero-order valence-corrected chi connectivity index (χ0v) is 18.5. The van der Waals surface area contributed by atoms with E-state index in [1.54, 1.807) is 19.1 Å². The number of hydrogen-bond acceptors (Lipinski definition) is 5. The van der Waals surface area contributed by atoms with Gasteiger partial charge in [0.25, 0.3) is 5.91 Å². The fraction of sp³-hybridized carbons (Fsp3) is 0.571. The Morgan fingerprint density at radius 2 is 1.77 bits per heavy atom. The maximum absolute atomic E-state index is 13.1. The predicted octanol–water partition coefficient (Wildman–Crippen LogP) is 1.97. The third-order valence-corrected chi connectivity index (χ3v) is 8.45. The molecule has 4 rings (SSSR count). The predicted molar refractivity (Wildman–Crippen MR) is 114 cm³/mol. The number of sulfonamides is 1. The normalized spacial score (nSPS) is 21.5. The van der Waals surface area contributed by atoms with Gasteiger partial charge in [-0.25, -0.2) is 13.2 Å². The van der Waals surface area contributed by atoms with Crippen LogP contribution in [-0.2, 0) is 19.6 Å². The molecule has 0 atom stereocenters. The summed E-state index contributed by atoms with van der Waals surface area (Å²) in [6.07, 6.45) is 5.60. The van der Waals surface area contributed by atoms with Crippen LogP contribution in [0.25, 0.3) is 0 Å². The van der Waals surface area contributed by atoms with E-state index in [-0.39, 0.29) is 10.8 Å². The molecule has 1 aromatic carbocycles. The molecule has 168 valence electrons. The second-order valence-electron chi connectivity index (χ2n) is 8.60. The van der Waals surface area contributed by atoms with Gasteiger partial charge in [-0.05, 0) is 50.3 Å². The molecule has 0 radical (unpaired) electrons. The van der Waals surface area contributed by atoms with Crippen LogP contribution < -0.4 is 10.6 Å².